The molecule has 3 nitrogen and oxygen atoms in total. The van der Waals surface area contributed by atoms with E-state index >= 15 is 0 Å². The second-order valence-electron chi connectivity index (χ2n) is 5.07. The van der Waals surface area contributed by atoms with E-state index in [-0.39, 0.29) is 0 Å². The molecule has 0 unspecified atom stereocenters. The summed E-state index contributed by atoms with van der Waals surface area (Å²) in [7, 11) is 1.30. The van der Waals surface area contributed by atoms with Crippen LogP contribution < -0.4 is 4.74 Å². The van der Waals surface area contributed by atoms with Crippen LogP contribution in [0.25, 0.3) is 0 Å². The summed E-state index contributed by atoms with van der Waals surface area (Å²) in [6, 6.07) is 7.64. The molecule has 1 aromatic carbocycles. The molecule has 0 atom stereocenters. The zero-order chi connectivity index (χ0) is 14.6. The lowest BCUT2D eigenvalue weighted by atomic mass is 10.0. The summed E-state index contributed by atoms with van der Waals surface area (Å²) in [5.74, 6) is 0.528. The number of ether oxygens (including phenoxy) is 2. The van der Waals surface area contributed by atoms with E-state index in [4.69, 9.17) is 4.74 Å². The molecular formula is C17H26O3. The SMILES string of the molecule is CCCCCCCCCc1ccc(OC(=O)OC)cc1. The number of hydrogen-bond acceptors (Lipinski definition) is 3. The molecule has 1 aromatic rings. The highest BCUT2D eigenvalue weighted by Crippen LogP contribution is 2.15. The normalized spacial score (nSPS) is 10.3. The highest BCUT2D eigenvalue weighted by atomic mass is 16.7. The molecule has 1 rings (SSSR count). The van der Waals surface area contributed by atoms with Gasteiger partial charge in [0, 0.05) is 0 Å². The summed E-state index contributed by atoms with van der Waals surface area (Å²) in [5, 5.41) is 0. The fraction of sp³-hybridized carbons (Fsp3) is 0.588. The number of carbonyl (C=O) groups is 1. The van der Waals surface area contributed by atoms with Crippen LogP contribution in [0.5, 0.6) is 5.75 Å². The zero-order valence-electron chi connectivity index (χ0n) is 12.7. The maximum Gasteiger partial charge on any atom is 0.513 e. The fourth-order valence-electron chi connectivity index (χ4n) is 2.15. The minimum atomic E-state index is -0.676. The molecule has 0 N–H and O–H groups in total. The van der Waals surface area contributed by atoms with Crippen LogP contribution in [0, 0.1) is 0 Å². The minimum absolute atomic E-state index is 0.528. The molecule has 0 saturated carbocycles. The second kappa shape index (κ2) is 10.3. The summed E-state index contributed by atoms with van der Waals surface area (Å²) in [6.07, 6.45) is 9.67. The van der Waals surface area contributed by atoms with E-state index in [9.17, 15) is 4.79 Å². The van der Waals surface area contributed by atoms with E-state index < -0.39 is 6.16 Å². The van der Waals surface area contributed by atoms with Gasteiger partial charge in [-0.3, -0.25) is 0 Å². The molecule has 0 fully saturated rings. The minimum Gasteiger partial charge on any atom is -0.437 e. The lowest BCUT2D eigenvalue weighted by Crippen LogP contribution is -2.07. The number of aryl methyl sites for hydroxylation is 1. The Morgan fingerprint density at radius 3 is 2.15 bits per heavy atom. The molecule has 0 bridgehead atoms. The molecule has 0 saturated heterocycles. The van der Waals surface area contributed by atoms with Crippen molar-refractivity contribution in [2.75, 3.05) is 7.11 Å². The van der Waals surface area contributed by atoms with Gasteiger partial charge in [-0.2, -0.15) is 0 Å². The predicted molar refractivity (Wildman–Crippen MR) is 81.2 cm³/mol. The van der Waals surface area contributed by atoms with Gasteiger partial charge in [-0.15, -0.1) is 0 Å². The topological polar surface area (TPSA) is 35.5 Å². The lowest BCUT2D eigenvalue weighted by molar-refractivity contribution is 0.121. The van der Waals surface area contributed by atoms with Gasteiger partial charge in [0.1, 0.15) is 5.75 Å². The third-order valence-electron chi connectivity index (χ3n) is 3.36. The maximum atomic E-state index is 10.9. The van der Waals surface area contributed by atoms with Crippen molar-refractivity contribution >= 4 is 6.16 Å². The molecule has 0 amide bonds. The number of hydrogen-bond donors (Lipinski definition) is 0. The van der Waals surface area contributed by atoms with Gasteiger partial charge in [-0.1, -0.05) is 57.6 Å². The first-order valence-electron chi connectivity index (χ1n) is 7.61. The van der Waals surface area contributed by atoms with Gasteiger partial charge in [0.15, 0.2) is 0 Å². The number of methoxy groups -OCH3 is 1. The Balaban J connectivity index is 2.16. The van der Waals surface area contributed by atoms with Crippen LogP contribution in [0.4, 0.5) is 4.79 Å². The Hall–Kier alpha value is -1.51. The lowest BCUT2D eigenvalue weighted by Gasteiger charge is -2.05. The highest BCUT2D eigenvalue weighted by Gasteiger charge is 2.03. The molecule has 0 radical (unpaired) electrons. The van der Waals surface area contributed by atoms with Crippen LogP contribution >= 0.6 is 0 Å². The quantitative estimate of drug-likeness (QED) is 0.357. The number of carbonyl (C=O) groups excluding carboxylic acids is 1. The van der Waals surface area contributed by atoms with E-state index in [1.807, 2.05) is 24.3 Å². The van der Waals surface area contributed by atoms with Crippen molar-refractivity contribution in [2.24, 2.45) is 0 Å². The van der Waals surface area contributed by atoms with Gasteiger partial charge < -0.3 is 9.47 Å². The Morgan fingerprint density at radius 2 is 1.55 bits per heavy atom. The smallest absolute Gasteiger partial charge is 0.437 e. The monoisotopic (exact) mass is 278 g/mol. The molecule has 0 aliphatic rings. The molecule has 0 aliphatic heterocycles. The highest BCUT2D eigenvalue weighted by molar-refractivity contribution is 5.63. The van der Waals surface area contributed by atoms with Crippen LogP contribution in [0.3, 0.4) is 0 Å². The van der Waals surface area contributed by atoms with E-state index in [0.717, 1.165) is 6.42 Å². The van der Waals surface area contributed by atoms with Gasteiger partial charge >= 0.3 is 6.16 Å². The van der Waals surface area contributed by atoms with Crippen molar-refractivity contribution in [3.05, 3.63) is 29.8 Å². The Kier molecular flexibility index (Phi) is 8.52. The van der Waals surface area contributed by atoms with Crippen molar-refractivity contribution in [2.45, 2.75) is 58.3 Å². The van der Waals surface area contributed by atoms with Crippen molar-refractivity contribution < 1.29 is 14.3 Å². The molecule has 0 aliphatic carbocycles. The molecule has 112 valence electrons. The van der Waals surface area contributed by atoms with Crippen LogP contribution in [-0.2, 0) is 11.2 Å². The standard InChI is InChI=1S/C17H26O3/c1-3-4-5-6-7-8-9-10-15-11-13-16(14-12-15)20-17(18)19-2/h11-14H,3-10H2,1-2H3. The van der Waals surface area contributed by atoms with Gasteiger partial charge in [-0.05, 0) is 30.5 Å². The Labute approximate surface area is 122 Å². The summed E-state index contributed by atoms with van der Waals surface area (Å²) in [4.78, 5) is 10.9. The molecule has 20 heavy (non-hydrogen) atoms. The van der Waals surface area contributed by atoms with Crippen molar-refractivity contribution in [1.29, 1.82) is 0 Å². The fourth-order valence-corrected chi connectivity index (χ4v) is 2.15. The number of rotatable bonds is 9. The molecule has 0 spiro atoms. The van der Waals surface area contributed by atoms with Crippen molar-refractivity contribution in [1.82, 2.24) is 0 Å². The summed E-state index contributed by atoms with van der Waals surface area (Å²) in [6.45, 7) is 2.24. The summed E-state index contributed by atoms with van der Waals surface area (Å²) < 4.78 is 9.38. The first kappa shape index (κ1) is 16.5. The largest absolute Gasteiger partial charge is 0.513 e. The van der Waals surface area contributed by atoms with Crippen LogP contribution in [0.15, 0.2) is 24.3 Å². The average molecular weight is 278 g/mol. The molecule has 3 heteroatoms. The number of unbranched alkanes of at least 4 members (excludes halogenated alkanes) is 6. The van der Waals surface area contributed by atoms with Gasteiger partial charge in [0.2, 0.25) is 0 Å². The summed E-state index contributed by atoms with van der Waals surface area (Å²) >= 11 is 0. The third-order valence-corrected chi connectivity index (χ3v) is 3.36. The summed E-state index contributed by atoms with van der Waals surface area (Å²) in [5.41, 5.74) is 1.29. The average Bonchev–Trinajstić information content (AvgIpc) is 2.48. The first-order valence-corrected chi connectivity index (χ1v) is 7.61. The molecular weight excluding hydrogens is 252 g/mol. The van der Waals surface area contributed by atoms with Crippen LogP contribution in [0.2, 0.25) is 0 Å². The predicted octanol–water partition coefficient (Wildman–Crippen LogP) is 5.12. The second-order valence-corrected chi connectivity index (χ2v) is 5.07. The van der Waals surface area contributed by atoms with E-state index in [2.05, 4.69) is 11.7 Å². The van der Waals surface area contributed by atoms with Gasteiger partial charge in [-0.25, -0.2) is 4.79 Å². The molecule has 0 aromatic heterocycles. The van der Waals surface area contributed by atoms with Crippen LogP contribution in [-0.4, -0.2) is 13.3 Å². The van der Waals surface area contributed by atoms with E-state index in [1.54, 1.807) is 0 Å². The Morgan fingerprint density at radius 1 is 0.950 bits per heavy atom. The van der Waals surface area contributed by atoms with Crippen molar-refractivity contribution in [3.63, 3.8) is 0 Å². The van der Waals surface area contributed by atoms with Gasteiger partial charge in [0.05, 0.1) is 7.11 Å². The van der Waals surface area contributed by atoms with E-state index in [0.29, 0.717) is 5.75 Å². The maximum absolute atomic E-state index is 10.9. The molecule has 0 heterocycles. The number of benzene rings is 1. The van der Waals surface area contributed by atoms with E-state index in [1.165, 1.54) is 57.6 Å². The van der Waals surface area contributed by atoms with Crippen molar-refractivity contribution in [3.8, 4) is 5.75 Å². The Bertz CT molecular complexity index is 370. The van der Waals surface area contributed by atoms with Gasteiger partial charge in [0.25, 0.3) is 0 Å². The zero-order valence-corrected chi connectivity index (χ0v) is 12.7. The van der Waals surface area contributed by atoms with Crippen LogP contribution in [0.1, 0.15) is 57.4 Å². The first-order chi connectivity index (χ1) is 9.76. The third kappa shape index (κ3) is 7.17.